The number of likely N-dealkylation sites (tertiary alicyclic amines) is 4. The summed E-state index contributed by atoms with van der Waals surface area (Å²) in [5, 5.41) is 30.5. The Morgan fingerprint density at radius 2 is 0.771 bits per heavy atom. The van der Waals surface area contributed by atoms with E-state index in [0.29, 0.717) is 125 Å². The third kappa shape index (κ3) is 29.0. The van der Waals surface area contributed by atoms with Gasteiger partial charge >= 0.3 is 24.0 Å². The number of carboxylic acids is 3. The van der Waals surface area contributed by atoms with Crippen molar-refractivity contribution >= 4 is 156 Å². The summed E-state index contributed by atoms with van der Waals surface area (Å²) in [6.07, 6.45) is 10.2. The van der Waals surface area contributed by atoms with Gasteiger partial charge in [-0.25, -0.2) is 18.0 Å². The SMILES string of the molecule is COC(=O)N1CCN(C(=O)Cc2ccc(Cl)c(Cl)c2)[C@H](CN2CCCC2)[C@@H]1COCC(=O)O.CS(=O)(=O)N1CCN(C(=O)Cc2ccc(Cl)c(Cl)c2)[C@H](CN2CCCC2)C1.N[C@@H](CC(=O)O)C(=O)N1CCN(C(=O)Cc2ccc(Cl)c(Cl)c2)[C@H](CN2CCCC2)C1.O=C(O)CN1CCN(C(=O)Cc2ccc(Cl)c(Cl)c2)[C@H](CN2CCCC2)C1. The predicted molar refractivity (Wildman–Crippen MR) is 454 cm³/mol. The maximum absolute atomic E-state index is 13.4. The molecule has 6 atom stereocenters. The van der Waals surface area contributed by atoms with E-state index in [-0.39, 0.29) is 99.1 Å². The van der Waals surface area contributed by atoms with Crippen LogP contribution in [0.5, 0.6) is 0 Å². The number of rotatable bonds is 26. The molecule has 0 unspecified atom stereocenters. The van der Waals surface area contributed by atoms with Gasteiger partial charge in [0.15, 0.2) is 0 Å². The van der Waals surface area contributed by atoms with Crippen LogP contribution in [0.15, 0.2) is 72.8 Å². The first kappa shape index (κ1) is 95.7. The molecule has 8 aliphatic heterocycles. The Bertz CT molecular complexity index is 4240. The Hall–Kier alpha value is -6.14. The number of nitrogens with two attached hydrogens (primary N) is 1. The fourth-order valence-electron chi connectivity index (χ4n) is 16.4. The highest BCUT2D eigenvalue weighted by Crippen LogP contribution is 2.31. The maximum atomic E-state index is 13.4. The molecule has 4 aromatic rings. The van der Waals surface area contributed by atoms with Gasteiger partial charge in [0.1, 0.15) is 6.61 Å². The smallest absolute Gasteiger partial charge is 0.409 e. The average molecular weight is 1820 g/mol. The van der Waals surface area contributed by atoms with Gasteiger partial charge in [-0.3, -0.25) is 43.4 Å². The first-order chi connectivity index (χ1) is 56.2. The molecule has 29 nitrogen and oxygen atoms in total. The molecule has 6 amide bonds. The van der Waals surface area contributed by atoms with Crippen molar-refractivity contribution in [2.24, 2.45) is 5.73 Å². The summed E-state index contributed by atoms with van der Waals surface area (Å²) in [6, 6.07) is 18.4. The van der Waals surface area contributed by atoms with Crippen molar-refractivity contribution in [2.75, 3.05) is 184 Å². The van der Waals surface area contributed by atoms with Crippen molar-refractivity contribution in [3.8, 4) is 0 Å². The van der Waals surface area contributed by atoms with Gasteiger partial charge in [-0.2, -0.15) is 4.31 Å². The number of hydrogen-bond donors (Lipinski definition) is 4. The van der Waals surface area contributed by atoms with Gasteiger partial charge in [-0.1, -0.05) is 117 Å². The molecule has 4 aromatic carbocycles. The minimum absolute atomic E-state index is 0.00599. The van der Waals surface area contributed by atoms with E-state index in [9.17, 15) is 51.6 Å². The molecule has 0 aromatic heterocycles. The molecule has 650 valence electrons. The number of carbonyl (C=O) groups is 9. The summed E-state index contributed by atoms with van der Waals surface area (Å²) in [7, 11) is -1.97. The topological polar surface area (TPSA) is 332 Å². The van der Waals surface area contributed by atoms with Gasteiger partial charge < -0.3 is 74.6 Å². The van der Waals surface area contributed by atoms with Crippen LogP contribution in [0.1, 0.15) is 80.0 Å². The van der Waals surface area contributed by atoms with Crippen LogP contribution in [0.4, 0.5) is 4.79 Å². The molecule has 8 aliphatic rings. The number of ether oxygens (including phenoxy) is 2. The van der Waals surface area contributed by atoms with Crippen molar-refractivity contribution in [1.82, 2.24) is 58.2 Å². The van der Waals surface area contributed by atoms with Gasteiger partial charge in [0.05, 0.1) is 135 Å². The molecule has 8 fully saturated rings. The Morgan fingerprint density at radius 3 is 1.14 bits per heavy atom. The van der Waals surface area contributed by atoms with E-state index >= 15 is 0 Å². The highest BCUT2D eigenvalue weighted by molar-refractivity contribution is 7.88. The van der Waals surface area contributed by atoms with E-state index < -0.39 is 59.1 Å². The minimum atomic E-state index is -3.27. The summed E-state index contributed by atoms with van der Waals surface area (Å²) < 4.78 is 35.8. The van der Waals surface area contributed by atoms with Crippen LogP contribution >= 0.6 is 92.8 Å². The first-order valence-corrected chi connectivity index (χ1v) is 44.7. The Labute approximate surface area is 730 Å². The standard InChI is InChI=1S/C22H29Cl2N3O6.C21H28Cl2N4O4.C19H25Cl2N3O3.C18H25Cl2N3O3S/c1-32-22(31)27-9-8-26(20(28)11-15-4-5-16(23)17(24)10-15)18(12-25-6-2-3-7-25)19(27)13-33-14-21(29)30;22-16-4-3-14(9-17(16)23)10-19(28)27-8-7-26(21(31)18(24)11-20(29)30)13-15(27)12-25-5-1-2-6-25;20-16-4-3-14(9-17(16)21)10-18(25)24-8-7-23(13-19(26)27)12-15(24)11-22-5-1-2-6-22;1-27(25,26)22-8-9-23(15(13-22)12-21-6-2-3-7-21)18(24)11-14-4-5-16(19)17(20)10-14/h4-5,10,18-19H,2-3,6-9,11-14H2,1H3,(H,29,30);3-4,9,15,18H,1-2,5-8,10-13,24H2,(H,29,30);3-4,9,15H,1-2,5-8,10-13H2,(H,26,27);4-5,10,15H,2-3,6-9,11-13H2,1H3/t18-,19+;15-,18+;2*15-/m1111/s1. The lowest BCUT2D eigenvalue weighted by atomic mass is 9.99. The lowest BCUT2D eigenvalue weighted by molar-refractivity contribution is -0.146. The van der Waals surface area contributed by atoms with E-state index in [0.717, 1.165) is 120 Å². The Morgan fingerprint density at radius 1 is 0.415 bits per heavy atom. The van der Waals surface area contributed by atoms with Gasteiger partial charge in [-0.15, -0.1) is 0 Å². The monoisotopic (exact) mass is 1820 g/mol. The van der Waals surface area contributed by atoms with Gasteiger partial charge in [-0.05, 0) is 175 Å². The van der Waals surface area contributed by atoms with Gasteiger partial charge in [0.25, 0.3) is 0 Å². The van der Waals surface area contributed by atoms with E-state index in [2.05, 4.69) is 19.6 Å². The molecule has 38 heteroatoms. The maximum Gasteiger partial charge on any atom is 0.409 e. The molecular weight excluding hydrogens is 1710 g/mol. The van der Waals surface area contributed by atoms with Crippen molar-refractivity contribution in [3.63, 3.8) is 0 Å². The largest absolute Gasteiger partial charge is 0.481 e. The fourth-order valence-corrected chi connectivity index (χ4v) is 18.6. The second-order valence-electron chi connectivity index (χ2n) is 31.0. The summed E-state index contributed by atoms with van der Waals surface area (Å²) in [6.45, 7) is 14.6. The lowest BCUT2D eigenvalue weighted by Crippen LogP contribution is -2.66. The molecule has 0 spiro atoms. The quantitative estimate of drug-likeness (QED) is 0.0460. The number of carboxylic acid groups (broad SMARTS) is 3. The average Bonchev–Trinajstić information content (AvgIpc) is 1.07. The number of carbonyl (C=O) groups excluding carboxylic acids is 6. The van der Waals surface area contributed by atoms with Crippen LogP contribution in [0.25, 0.3) is 0 Å². The highest BCUT2D eigenvalue weighted by atomic mass is 35.5. The minimum Gasteiger partial charge on any atom is -0.481 e. The second kappa shape index (κ2) is 46.4. The molecule has 0 saturated carbocycles. The molecule has 0 radical (unpaired) electrons. The molecule has 8 heterocycles. The van der Waals surface area contributed by atoms with Crippen LogP contribution in [-0.2, 0) is 83.5 Å². The van der Waals surface area contributed by atoms with Gasteiger partial charge in [0, 0.05) is 98.2 Å². The van der Waals surface area contributed by atoms with E-state index in [1.54, 1.807) is 76.5 Å². The van der Waals surface area contributed by atoms with E-state index in [1.807, 2.05) is 25.7 Å². The number of nitrogens with zero attached hydrogens (tertiary/aromatic N) is 12. The number of methoxy groups -OCH3 is 1. The lowest BCUT2D eigenvalue weighted by Gasteiger charge is -2.48. The number of sulfonamides is 1. The zero-order chi connectivity index (χ0) is 85.5. The number of halogens is 8. The van der Waals surface area contributed by atoms with E-state index in [1.165, 1.54) is 35.4 Å². The summed E-state index contributed by atoms with van der Waals surface area (Å²) >= 11 is 48.2. The highest BCUT2D eigenvalue weighted by Gasteiger charge is 2.44. The zero-order valence-electron chi connectivity index (χ0n) is 66.5. The Balaban J connectivity index is 0.000000180. The molecule has 12 rings (SSSR count). The molecule has 0 aliphatic carbocycles. The molecule has 118 heavy (non-hydrogen) atoms. The van der Waals surface area contributed by atoms with E-state index in [4.69, 9.17) is 123 Å². The molecule has 5 N–H and O–H groups in total. The summed E-state index contributed by atoms with van der Waals surface area (Å²) in [4.78, 5) is 132. The summed E-state index contributed by atoms with van der Waals surface area (Å²) in [5.74, 6) is -3.52. The molecular formula is C80H107Cl8N13O16S. The molecule has 8 saturated heterocycles. The van der Waals surface area contributed by atoms with Crippen LogP contribution in [0.2, 0.25) is 40.2 Å². The van der Waals surface area contributed by atoms with Gasteiger partial charge in [0.2, 0.25) is 39.6 Å². The van der Waals surface area contributed by atoms with Crippen LogP contribution in [0, 0.1) is 0 Å². The third-order valence-electron chi connectivity index (χ3n) is 22.4. The van der Waals surface area contributed by atoms with Crippen LogP contribution < -0.4 is 5.73 Å². The second-order valence-corrected chi connectivity index (χ2v) is 36.2. The molecule has 0 bridgehead atoms. The van der Waals surface area contributed by atoms with Crippen molar-refractivity contribution in [3.05, 3.63) is 135 Å². The van der Waals surface area contributed by atoms with Crippen molar-refractivity contribution in [1.29, 1.82) is 0 Å². The van der Waals surface area contributed by atoms with Crippen molar-refractivity contribution in [2.45, 2.75) is 120 Å². The number of aliphatic carboxylic acids is 3. The Kier molecular flexibility index (Phi) is 37.6. The fraction of sp³-hybridized carbons (Fsp3) is 0.588. The first-order valence-electron chi connectivity index (χ1n) is 39.8. The normalized spacial score (nSPS) is 21.4. The van der Waals surface area contributed by atoms with Crippen molar-refractivity contribution < 1.29 is 76.4 Å². The number of benzene rings is 4. The van der Waals surface area contributed by atoms with Crippen LogP contribution in [-0.4, -0.2) is 355 Å². The number of amides is 6. The number of hydrogen-bond acceptors (Lipinski definition) is 19. The number of piperazine rings is 4. The summed E-state index contributed by atoms with van der Waals surface area (Å²) in [5.41, 5.74) is 8.95. The van der Waals surface area contributed by atoms with Crippen LogP contribution in [0.3, 0.4) is 0 Å². The third-order valence-corrected chi connectivity index (χ3v) is 26.6. The zero-order valence-corrected chi connectivity index (χ0v) is 73.4. The predicted octanol–water partition coefficient (Wildman–Crippen LogP) is 8.19.